The predicted octanol–water partition coefficient (Wildman–Crippen LogP) is 1.36. The molecule has 0 fully saturated rings. The average molecular weight is 287 g/mol. The molecule has 3 N–H and O–H groups in total. The van der Waals surface area contributed by atoms with Crippen LogP contribution in [0.2, 0.25) is 0 Å². The van der Waals surface area contributed by atoms with Gasteiger partial charge in [-0.2, -0.15) is 20.1 Å². The molecule has 3 aromatic rings. The maximum absolute atomic E-state index is 5.69. The quantitative estimate of drug-likeness (QED) is 0.735. The maximum atomic E-state index is 5.69. The van der Waals surface area contributed by atoms with Crippen LogP contribution in [0.25, 0.3) is 5.95 Å². The van der Waals surface area contributed by atoms with E-state index in [1.165, 1.54) is 4.88 Å². The standard InChI is InChI=1S/C12H13N7S/c13-10-16-11(14-6-4-9-3-1-8-20-9)18-12(17-10)19-7-2-5-15-19/h1-3,5,7-8H,4,6H2,(H3,13,14,16,17,18). The van der Waals surface area contributed by atoms with Crippen LogP contribution >= 0.6 is 11.3 Å². The Bertz CT molecular complexity index is 663. The first-order valence-corrected chi connectivity index (χ1v) is 6.97. The van der Waals surface area contributed by atoms with Crippen molar-refractivity contribution < 1.29 is 0 Å². The van der Waals surface area contributed by atoms with E-state index in [4.69, 9.17) is 5.73 Å². The first-order valence-electron chi connectivity index (χ1n) is 6.09. The molecule has 20 heavy (non-hydrogen) atoms. The first-order chi connectivity index (χ1) is 9.81. The summed E-state index contributed by atoms with van der Waals surface area (Å²) in [4.78, 5) is 13.7. The van der Waals surface area contributed by atoms with E-state index in [1.807, 2.05) is 6.07 Å². The van der Waals surface area contributed by atoms with E-state index in [-0.39, 0.29) is 5.95 Å². The molecule has 0 unspecified atom stereocenters. The number of aromatic nitrogens is 5. The van der Waals surface area contributed by atoms with Crippen molar-refractivity contribution in [3.63, 3.8) is 0 Å². The fourth-order valence-electron chi connectivity index (χ4n) is 1.70. The highest BCUT2D eigenvalue weighted by molar-refractivity contribution is 7.09. The summed E-state index contributed by atoms with van der Waals surface area (Å²) in [5.41, 5.74) is 5.69. The molecule has 0 aliphatic heterocycles. The van der Waals surface area contributed by atoms with Crippen LogP contribution in [0.5, 0.6) is 0 Å². The molecule has 3 rings (SSSR count). The maximum Gasteiger partial charge on any atom is 0.257 e. The Morgan fingerprint density at radius 1 is 1.25 bits per heavy atom. The highest BCUT2D eigenvalue weighted by Gasteiger charge is 2.06. The van der Waals surface area contributed by atoms with Crippen molar-refractivity contribution >= 4 is 23.2 Å². The minimum atomic E-state index is 0.170. The van der Waals surface area contributed by atoms with Crippen LogP contribution in [-0.4, -0.2) is 31.3 Å². The fraction of sp³-hybridized carbons (Fsp3) is 0.167. The van der Waals surface area contributed by atoms with Crippen molar-refractivity contribution in [1.82, 2.24) is 24.7 Å². The van der Waals surface area contributed by atoms with E-state index in [0.717, 1.165) is 13.0 Å². The van der Waals surface area contributed by atoms with E-state index in [0.29, 0.717) is 11.9 Å². The largest absolute Gasteiger partial charge is 0.368 e. The monoisotopic (exact) mass is 287 g/mol. The SMILES string of the molecule is Nc1nc(NCCc2cccs2)nc(-n2cccn2)n1. The van der Waals surface area contributed by atoms with Gasteiger partial charge in [-0.25, -0.2) is 4.68 Å². The van der Waals surface area contributed by atoms with E-state index in [1.54, 1.807) is 34.5 Å². The molecular weight excluding hydrogens is 274 g/mol. The van der Waals surface area contributed by atoms with Crippen molar-refractivity contribution in [2.24, 2.45) is 0 Å². The third-order valence-corrected chi connectivity index (χ3v) is 3.52. The zero-order valence-corrected chi connectivity index (χ0v) is 11.4. The van der Waals surface area contributed by atoms with Crippen molar-refractivity contribution in [3.05, 3.63) is 40.8 Å². The van der Waals surface area contributed by atoms with Crippen LogP contribution in [0.15, 0.2) is 36.0 Å². The summed E-state index contributed by atoms with van der Waals surface area (Å²) in [6.07, 6.45) is 4.33. The third-order valence-electron chi connectivity index (χ3n) is 2.58. The summed E-state index contributed by atoms with van der Waals surface area (Å²) in [6.45, 7) is 0.739. The number of hydrogen-bond acceptors (Lipinski definition) is 7. The molecule has 0 spiro atoms. The second kappa shape index (κ2) is 5.66. The van der Waals surface area contributed by atoms with Gasteiger partial charge >= 0.3 is 0 Å². The number of anilines is 2. The Hall–Kier alpha value is -2.48. The molecule has 8 heteroatoms. The van der Waals surface area contributed by atoms with Gasteiger partial charge in [0.15, 0.2) is 0 Å². The molecule has 0 saturated heterocycles. The fourth-order valence-corrected chi connectivity index (χ4v) is 2.41. The number of thiophene rings is 1. The molecule has 0 amide bonds. The van der Waals surface area contributed by atoms with E-state index in [9.17, 15) is 0 Å². The molecule has 102 valence electrons. The Morgan fingerprint density at radius 3 is 2.95 bits per heavy atom. The van der Waals surface area contributed by atoms with Crippen molar-refractivity contribution in [2.45, 2.75) is 6.42 Å². The Balaban J connectivity index is 1.70. The topological polar surface area (TPSA) is 94.5 Å². The number of rotatable bonds is 5. The lowest BCUT2D eigenvalue weighted by atomic mass is 10.3. The number of nitrogens with one attached hydrogen (secondary N) is 1. The van der Waals surface area contributed by atoms with Crippen LogP contribution in [-0.2, 0) is 6.42 Å². The zero-order chi connectivity index (χ0) is 13.8. The lowest BCUT2D eigenvalue weighted by Gasteiger charge is -2.06. The summed E-state index contributed by atoms with van der Waals surface area (Å²) in [5, 5.41) is 9.28. The van der Waals surface area contributed by atoms with Crippen LogP contribution in [0.4, 0.5) is 11.9 Å². The van der Waals surface area contributed by atoms with Gasteiger partial charge in [0.25, 0.3) is 5.95 Å². The van der Waals surface area contributed by atoms with Crippen molar-refractivity contribution in [1.29, 1.82) is 0 Å². The smallest absolute Gasteiger partial charge is 0.257 e. The highest BCUT2D eigenvalue weighted by Crippen LogP contribution is 2.10. The second-order valence-corrected chi connectivity index (χ2v) is 5.06. The summed E-state index contributed by atoms with van der Waals surface area (Å²) >= 11 is 1.73. The minimum absolute atomic E-state index is 0.170. The van der Waals surface area contributed by atoms with Gasteiger partial charge in [-0.05, 0) is 23.9 Å². The predicted molar refractivity (Wildman–Crippen MR) is 77.9 cm³/mol. The molecule has 0 aliphatic carbocycles. The normalized spacial score (nSPS) is 10.6. The first kappa shape index (κ1) is 12.5. The van der Waals surface area contributed by atoms with Gasteiger partial charge in [-0.1, -0.05) is 6.07 Å². The van der Waals surface area contributed by atoms with Gasteiger partial charge in [-0.3, -0.25) is 0 Å². The van der Waals surface area contributed by atoms with Gasteiger partial charge in [0.2, 0.25) is 11.9 Å². The van der Waals surface area contributed by atoms with Crippen LogP contribution in [0, 0.1) is 0 Å². The van der Waals surface area contributed by atoms with Crippen LogP contribution in [0.1, 0.15) is 4.88 Å². The number of hydrogen-bond donors (Lipinski definition) is 2. The number of nitrogens with zero attached hydrogens (tertiary/aromatic N) is 5. The van der Waals surface area contributed by atoms with Gasteiger partial charge in [0, 0.05) is 23.8 Å². The molecule has 3 aromatic heterocycles. The average Bonchev–Trinajstić information content (AvgIpc) is 3.11. The molecule has 0 atom stereocenters. The summed E-state index contributed by atoms with van der Waals surface area (Å²) in [7, 11) is 0. The van der Waals surface area contributed by atoms with E-state index in [2.05, 4.69) is 36.8 Å². The molecule has 0 aromatic carbocycles. The van der Waals surface area contributed by atoms with Crippen LogP contribution in [0.3, 0.4) is 0 Å². The molecule has 0 radical (unpaired) electrons. The minimum Gasteiger partial charge on any atom is -0.368 e. The van der Waals surface area contributed by atoms with Gasteiger partial charge < -0.3 is 11.1 Å². The Labute approximate surface area is 119 Å². The highest BCUT2D eigenvalue weighted by atomic mass is 32.1. The van der Waals surface area contributed by atoms with E-state index < -0.39 is 0 Å². The second-order valence-electron chi connectivity index (χ2n) is 4.02. The van der Waals surface area contributed by atoms with Crippen LogP contribution < -0.4 is 11.1 Å². The molecular formula is C12H13N7S. The van der Waals surface area contributed by atoms with Crippen molar-refractivity contribution in [3.8, 4) is 5.95 Å². The number of nitrogens with two attached hydrogens (primary N) is 1. The molecule has 3 heterocycles. The summed E-state index contributed by atoms with van der Waals surface area (Å²) in [6, 6.07) is 5.93. The Kier molecular flexibility index (Phi) is 3.55. The molecule has 0 aliphatic rings. The molecule has 7 nitrogen and oxygen atoms in total. The van der Waals surface area contributed by atoms with Gasteiger partial charge in [-0.15, -0.1) is 11.3 Å². The molecule has 0 saturated carbocycles. The third kappa shape index (κ3) is 2.91. The van der Waals surface area contributed by atoms with Gasteiger partial charge in [0.05, 0.1) is 0 Å². The lowest BCUT2D eigenvalue weighted by Crippen LogP contribution is -2.13. The zero-order valence-electron chi connectivity index (χ0n) is 10.6. The van der Waals surface area contributed by atoms with Crippen molar-refractivity contribution in [2.75, 3.05) is 17.6 Å². The van der Waals surface area contributed by atoms with E-state index >= 15 is 0 Å². The number of nitrogen functional groups attached to an aromatic ring is 1. The lowest BCUT2D eigenvalue weighted by molar-refractivity contribution is 0.798. The molecule has 0 bridgehead atoms. The summed E-state index contributed by atoms with van der Waals surface area (Å²) in [5.74, 6) is 1.03. The summed E-state index contributed by atoms with van der Waals surface area (Å²) < 4.78 is 1.54. The Morgan fingerprint density at radius 2 is 2.20 bits per heavy atom. The van der Waals surface area contributed by atoms with Gasteiger partial charge in [0.1, 0.15) is 0 Å².